The van der Waals surface area contributed by atoms with E-state index in [1.807, 2.05) is 0 Å². The first-order valence-corrected chi connectivity index (χ1v) is 5.46. The summed E-state index contributed by atoms with van der Waals surface area (Å²) in [6.07, 6.45) is 1.50. The van der Waals surface area contributed by atoms with E-state index in [9.17, 15) is 9.59 Å². The Bertz CT molecular complexity index is 463. The molecular formula is C12H18ClN3O3. The topological polar surface area (TPSA) is 94.3 Å². The van der Waals surface area contributed by atoms with Crippen LogP contribution in [-0.2, 0) is 16.1 Å². The number of rotatable bonds is 4. The molecule has 1 heterocycles. The minimum Gasteiger partial charge on any atom is -0.467 e. The van der Waals surface area contributed by atoms with Gasteiger partial charge in [0.15, 0.2) is 0 Å². The van der Waals surface area contributed by atoms with Gasteiger partial charge in [0.2, 0.25) is 0 Å². The molecule has 0 bridgehead atoms. The molecule has 0 aliphatic heterocycles. The van der Waals surface area contributed by atoms with Gasteiger partial charge in [-0.05, 0) is 26.0 Å². The first-order valence-electron chi connectivity index (χ1n) is 5.46. The van der Waals surface area contributed by atoms with Crippen LogP contribution in [0, 0.1) is 0 Å². The number of ether oxygens (including phenoxy) is 1. The first kappa shape index (κ1) is 17.3. The molecule has 0 saturated heterocycles. The largest absolute Gasteiger partial charge is 0.467 e. The maximum Gasteiger partial charge on any atom is 0.330 e. The molecule has 3 N–H and O–H groups in total. The number of esters is 1. The van der Waals surface area contributed by atoms with Gasteiger partial charge in [-0.1, -0.05) is 0 Å². The van der Waals surface area contributed by atoms with Crippen molar-refractivity contribution in [2.45, 2.75) is 25.9 Å². The molecule has 0 spiro atoms. The van der Waals surface area contributed by atoms with E-state index in [-0.39, 0.29) is 24.9 Å². The normalized spacial score (nSPS) is 10.3. The second kappa shape index (κ2) is 7.06. The van der Waals surface area contributed by atoms with Gasteiger partial charge in [0.05, 0.1) is 12.8 Å². The predicted octanol–water partition coefficient (Wildman–Crippen LogP) is 0.643. The zero-order chi connectivity index (χ0) is 13.8. The van der Waals surface area contributed by atoms with E-state index in [4.69, 9.17) is 5.73 Å². The number of aromatic nitrogens is 1. The molecule has 0 fully saturated rings. The van der Waals surface area contributed by atoms with Crippen LogP contribution in [0.3, 0.4) is 0 Å². The number of pyridine rings is 1. The molecule has 106 valence electrons. The smallest absolute Gasteiger partial charge is 0.330 e. The lowest BCUT2D eigenvalue weighted by molar-refractivity contribution is -0.146. The van der Waals surface area contributed by atoms with Gasteiger partial charge in [0, 0.05) is 18.3 Å². The van der Waals surface area contributed by atoms with Crippen LogP contribution in [0.5, 0.6) is 0 Å². The zero-order valence-electron chi connectivity index (χ0n) is 11.1. The van der Waals surface area contributed by atoms with E-state index >= 15 is 0 Å². The molecule has 1 amide bonds. The van der Waals surface area contributed by atoms with Crippen LogP contribution in [0.4, 0.5) is 0 Å². The minimum atomic E-state index is -1.09. The molecule has 0 aliphatic rings. The lowest BCUT2D eigenvalue weighted by Gasteiger charge is -2.23. The summed E-state index contributed by atoms with van der Waals surface area (Å²) in [6.45, 7) is 3.39. The lowest BCUT2D eigenvalue weighted by Crippen LogP contribution is -2.50. The summed E-state index contributed by atoms with van der Waals surface area (Å²) in [4.78, 5) is 27.4. The SMILES string of the molecule is COC(=O)C(C)(C)NC(=O)c1ccnc(CN)c1.Cl. The van der Waals surface area contributed by atoms with Crippen LogP contribution in [0.15, 0.2) is 18.3 Å². The summed E-state index contributed by atoms with van der Waals surface area (Å²) < 4.78 is 4.61. The number of amides is 1. The highest BCUT2D eigenvalue weighted by Gasteiger charge is 2.30. The van der Waals surface area contributed by atoms with Crippen LogP contribution in [0.25, 0.3) is 0 Å². The quantitative estimate of drug-likeness (QED) is 0.793. The summed E-state index contributed by atoms with van der Waals surface area (Å²) in [5.41, 5.74) is 5.38. The van der Waals surface area contributed by atoms with Gasteiger partial charge < -0.3 is 15.8 Å². The fourth-order valence-corrected chi connectivity index (χ4v) is 1.39. The van der Waals surface area contributed by atoms with Crippen LogP contribution in [-0.4, -0.2) is 29.5 Å². The van der Waals surface area contributed by atoms with Gasteiger partial charge >= 0.3 is 5.97 Å². The number of nitrogens with two attached hydrogens (primary N) is 1. The van der Waals surface area contributed by atoms with Crippen molar-refractivity contribution in [1.82, 2.24) is 10.3 Å². The van der Waals surface area contributed by atoms with Crippen molar-refractivity contribution >= 4 is 24.3 Å². The zero-order valence-corrected chi connectivity index (χ0v) is 11.9. The fraction of sp³-hybridized carbons (Fsp3) is 0.417. The van der Waals surface area contributed by atoms with Crippen molar-refractivity contribution in [2.24, 2.45) is 5.73 Å². The van der Waals surface area contributed by atoms with Gasteiger partial charge in [-0.25, -0.2) is 4.79 Å². The molecule has 0 radical (unpaired) electrons. The minimum absolute atomic E-state index is 0. The van der Waals surface area contributed by atoms with Gasteiger partial charge in [-0.2, -0.15) is 0 Å². The Balaban J connectivity index is 0.00000324. The number of halogens is 1. The highest BCUT2D eigenvalue weighted by molar-refractivity contribution is 5.97. The van der Waals surface area contributed by atoms with E-state index in [1.54, 1.807) is 26.0 Å². The number of hydrogen-bond acceptors (Lipinski definition) is 5. The number of hydrogen-bond donors (Lipinski definition) is 2. The standard InChI is InChI=1S/C12H17N3O3.ClH/c1-12(2,11(17)18-3)15-10(16)8-4-5-14-9(6-8)7-13;/h4-6H,7,13H2,1-3H3,(H,15,16);1H. The van der Waals surface area contributed by atoms with Crippen molar-refractivity contribution < 1.29 is 14.3 Å². The molecule has 6 nitrogen and oxygen atoms in total. The maximum atomic E-state index is 12.0. The van der Waals surface area contributed by atoms with Gasteiger partial charge in [0.25, 0.3) is 5.91 Å². The lowest BCUT2D eigenvalue weighted by atomic mass is 10.1. The predicted molar refractivity (Wildman–Crippen MR) is 72.9 cm³/mol. The molecule has 0 unspecified atom stereocenters. The fourth-order valence-electron chi connectivity index (χ4n) is 1.39. The molecule has 19 heavy (non-hydrogen) atoms. The van der Waals surface area contributed by atoms with Crippen LogP contribution in [0.2, 0.25) is 0 Å². The molecule has 0 aliphatic carbocycles. The second-order valence-corrected chi connectivity index (χ2v) is 4.31. The number of carbonyl (C=O) groups is 2. The molecule has 0 saturated carbocycles. The maximum absolute atomic E-state index is 12.0. The third-order valence-corrected chi connectivity index (χ3v) is 2.41. The Labute approximate surface area is 118 Å². The van der Waals surface area contributed by atoms with Crippen molar-refractivity contribution in [1.29, 1.82) is 0 Å². The molecule has 0 aromatic carbocycles. The van der Waals surface area contributed by atoms with Gasteiger partial charge in [-0.3, -0.25) is 9.78 Å². The van der Waals surface area contributed by atoms with E-state index in [1.165, 1.54) is 13.3 Å². The van der Waals surface area contributed by atoms with Crippen molar-refractivity contribution in [3.63, 3.8) is 0 Å². The molecular weight excluding hydrogens is 270 g/mol. The molecule has 1 rings (SSSR count). The summed E-state index contributed by atoms with van der Waals surface area (Å²) in [6, 6.07) is 3.14. The molecule has 7 heteroatoms. The van der Waals surface area contributed by atoms with E-state index < -0.39 is 11.5 Å². The average Bonchev–Trinajstić information content (AvgIpc) is 2.37. The highest BCUT2D eigenvalue weighted by atomic mass is 35.5. The molecule has 0 atom stereocenters. The number of nitrogens with one attached hydrogen (secondary N) is 1. The number of methoxy groups -OCH3 is 1. The van der Waals surface area contributed by atoms with Crippen molar-refractivity contribution in [2.75, 3.05) is 7.11 Å². The number of carbonyl (C=O) groups excluding carboxylic acids is 2. The molecule has 1 aromatic heterocycles. The van der Waals surface area contributed by atoms with E-state index in [2.05, 4.69) is 15.0 Å². The summed E-state index contributed by atoms with van der Waals surface area (Å²) in [7, 11) is 1.27. The van der Waals surface area contributed by atoms with Crippen LogP contribution < -0.4 is 11.1 Å². The Morgan fingerprint density at radius 1 is 1.47 bits per heavy atom. The number of nitrogens with zero attached hydrogens (tertiary/aromatic N) is 1. The Kier molecular flexibility index (Phi) is 6.44. The van der Waals surface area contributed by atoms with Crippen LogP contribution >= 0.6 is 12.4 Å². The monoisotopic (exact) mass is 287 g/mol. The van der Waals surface area contributed by atoms with Gasteiger partial charge in [0.1, 0.15) is 5.54 Å². The van der Waals surface area contributed by atoms with E-state index in [0.29, 0.717) is 11.3 Å². The van der Waals surface area contributed by atoms with Gasteiger partial charge in [-0.15, -0.1) is 12.4 Å². The molecule has 1 aromatic rings. The van der Waals surface area contributed by atoms with Crippen molar-refractivity contribution in [3.05, 3.63) is 29.6 Å². The Morgan fingerprint density at radius 3 is 2.63 bits per heavy atom. The third-order valence-electron chi connectivity index (χ3n) is 2.41. The highest BCUT2D eigenvalue weighted by Crippen LogP contribution is 2.08. The average molecular weight is 288 g/mol. The Hall–Kier alpha value is -1.66. The summed E-state index contributed by atoms with van der Waals surface area (Å²) >= 11 is 0. The van der Waals surface area contributed by atoms with Crippen LogP contribution in [0.1, 0.15) is 29.9 Å². The van der Waals surface area contributed by atoms with E-state index in [0.717, 1.165) is 0 Å². The third kappa shape index (κ3) is 4.50. The Morgan fingerprint density at radius 2 is 2.11 bits per heavy atom. The summed E-state index contributed by atoms with van der Waals surface area (Å²) in [5, 5.41) is 2.59. The van der Waals surface area contributed by atoms with Crippen molar-refractivity contribution in [3.8, 4) is 0 Å². The first-order chi connectivity index (χ1) is 8.40. The summed E-state index contributed by atoms with van der Waals surface area (Å²) in [5.74, 6) is -0.883. The second-order valence-electron chi connectivity index (χ2n) is 4.31.